The van der Waals surface area contributed by atoms with Gasteiger partial charge in [0.2, 0.25) is 0 Å². The Hall–Kier alpha value is -2.30. The Morgan fingerprint density at radius 3 is 2.91 bits per heavy atom. The zero-order valence-corrected chi connectivity index (χ0v) is 12.9. The SMILES string of the molecule is C#CCOc1ccc(F)cc1NC(=O)NCC1(C)OCCCO1. The highest BCUT2D eigenvalue weighted by atomic mass is 19.1. The Morgan fingerprint density at radius 2 is 2.22 bits per heavy atom. The number of carbonyl (C=O) groups excluding carboxylic acids is 1. The fraction of sp³-hybridized carbons (Fsp3) is 0.438. The van der Waals surface area contributed by atoms with E-state index in [9.17, 15) is 9.18 Å². The maximum absolute atomic E-state index is 13.3. The molecule has 6 nitrogen and oxygen atoms in total. The fourth-order valence-corrected chi connectivity index (χ4v) is 2.03. The molecule has 1 aromatic carbocycles. The lowest BCUT2D eigenvalue weighted by Gasteiger charge is -2.33. The van der Waals surface area contributed by atoms with Crippen LogP contribution in [0.25, 0.3) is 0 Å². The standard InChI is InChI=1S/C16H19FN2O4/c1-3-7-21-14-6-5-12(17)10-13(14)19-15(20)18-11-16(2)22-8-4-9-23-16/h1,5-6,10H,4,7-9,11H2,2H3,(H2,18,19,20). The van der Waals surface area contributed by atoms with Crippen LogP contribution in [0.2, 0.25) is 0 Å². The molecule has 0 aromatic heterocycles. The van der Waals surface area contributed by atoms with Gasteiger partial charge in [-0.2, -0.15) is 0 Å². The molecule has 2 N–H and O–H groups in total. The number of terminal acetylenes is 1. The minimum absolute atomic E-state index is 0.0156. The highest BCUT2D eigenvalue weighted by Crippen LogP contribution is 2.25. The molecule has 23 heavy (non-hydrogen) atoms. The van der Waals surface area contributed by atoms with Crippen LogP contribution in [0.4, 0.5) is 14.9 Å². The first-order valence-electron chi connectivity index (χ1n) is 7.21. The number of amides is 2. The maximum Gasteiger partial charge on any atom is 0.319 e. The van der Waals surface area contributed by atoms with E-state index in [2.05, 4.69) is 16.6 Å². The van der Waals surface area contributed by atoms with E-state index in [4.69, 9.17) is 20.6 Å². The van der Waals surface area contributed by atoms with E-state index in [1.54, 1.807) is 6.92 Å². The van der Waals surface area contributed by atoms with Gasteiger partial charge in [0.05, 0.1) is 25.4 Å². The van der Waals surface area contributed by atoms with E-state index < -0.39 is 17.6 Å². The Kier molecular flexibility index (Phi) is 5.79. The van der Waals surface area contributed by atoms with Crippen LogP contribution >= 0.6 is 0 Å². The molecule has 0 saturated carbocycles. The molecule has 1 fully saturated rings. The number of hydrogen-bond acceptors (Lipinski definition) is 4. The van der Waals surface area contributed by atoms with Crippen molar-refractivity contribution in [3.05, 3.63) is 24.0 Å². The van der Waals surface area contributed by atoms with Crippen LogP contribution < -0.4 is 15.4 Å². The Balaban J connectivity index is 1.94. The predicted octanol–water partition coefficient (Wildman–Crippen LogP) is 2.11. The molecule has 124 valence electrons. The van der Waals surface area contributed by atoms with Crippen molar-refractivity contribution in [3.63, 3.8) is 0 Å². The van der Waals surface area contributed by atoms with Crippen LogP contribution in [0.15, 0.2) is 18.2 Å². The number of halogens is 1. The monoisotopic (exact) mass is 322 g/mol. The second-order valence-electron chi connectivity index (χ2n) is 5.13. The first-order valence-corrected chi connectivity index (χ1v) is 7.21. The summed E-state index contributed by atoms with van der Waals surface area (Å²) in [5.41, 5.74) is 0.188. The van der Waals surface area contributed by atoms with Crippen molar-refractivity contribution < 1.29 is 23.4 Å². The zero-order valence-electron chi connectivity index (χ0n) is 12.9. The summed E-state index contributed by atoms with van der Waals surface area (Å²) >= 11 is 0. The first kappa shape index (κ1) is 17.1. The van der Waals surface area contributed by atoms with Crippen LogP contribution in [-0.4, -0.2) is 38.2 Å². The van der Waals surface area contributed by atoms with Gasteiger partial charge in [0.15, 0.2) is 5.79 Å². The van der Waals surface area contributed by atoms with Crippen molar-refractivity contribution >= 4 is 11.7 Å². The molecule has 1 saturated heterocycles. The van der Waals surface area contributed by atoms with Crippen molar-refractivity contribution in [1.82, 2.24) is 5.32 Å². The van der Waals surface area contributed by atoms with Crippen molar-refractivity contribution in [2.75, 3.05) is 31.7 Å². The fourth-order valence-electron chi connectivity index (χ4n) is 2.03. The molecule has 2 amide bonds. The lowest BCUT2D eigenvalue weighted by Crippen LogP contribution is -2.48. The van der Waals surface area contributed by atoms with E-state index in [1.807, 2.05) is 0 Å². The van der Waals surface area contributed by atoms with E-state index in [-0.39, 0.29) is 24.6 Å². The van der Waals surface area contributed by atoms with Crippen molar-refractivity contribution in [2.24, 2.45) is 0 Å². The van der Waals surface area contributed by atoms with Crippen LogP contribution in [0.5, 0.6) is 5.75 Å². The second kappa shape index (κ2) is 7.81. The molecule has 1 aliphatic heterocycles. The van der Waals surface area contributed by atoms with Crippen molar-refractivity contribution in [3.8, 4) is 18.1 Å². The molecule has 0 aliphatic carbocycles. The molecule has 0 radical (unpaired) electrons. The van der Waals surface area contributed by atoms with Gasteiger partial charge in [-0.15, -0.1) is 6.42 Å². The summed E-state index contributed by atoms with van der Waals surface area (Å²) in [6.07, 6.45) is 5.95. The molecule has 1 aromatic rings. The number of rotatable bonds is 5. The molecule has 0 atom stereocenters. The van der Waals surface area contributed by atoms with Gasteiger partial charge in [0.25, 0.3) is 0 Å². The van der Waals surface area contributed by atoms with Crippen LogP contribution in [0.1, 0.15) is 13.3 Å². The summed E-state index contributed by atoms with van der Waals surface area (Å²) in [6, 6.07) is 3.25. The van der Waals surface area contributed by atoms with Crippen molar-refractivity contribution in [1.29, 1.82) is 0 Å². The van der Waals surface area contributed by atoms with Gasteiger partial charge in [0.1, 0.15) is 18.2 Å². The summed E-state index contributed by atoms with van der Waals surface area (Å²) in [6.45, 7) is 3.08. The lowest BCUT2D eigenvalue weighted by molar-refractivity contribution is -0.250. The number of carbonyl (C=O) groups is 1. The highest BCUT2D eigenvalue weighted by Gasteiger charge is 2.29. The van der Waals surface area contributed by atoms with Gasteiger partial charge in [-0.1, -0.05) is 5.92 Å². The van der Waals surface area contributed by atoms with Gasteiger partial charge in [-0.3, -0.25) is 0 Å². The number of urea groups is 1. The summed E-state index contributed by atoms with van der Waals surface area (Å²) in [5, 5.41) is 5.15. The number of ether oxygens (including phenoxy) is 3. The topological polar surface area (TPSA) is 68.8 Å². The average Bonchev–Trinajstić information content (AvgIpc) is 2.53. The minimum atomic E-state index is -0.861. The van der Waals surface area contributed by atoms with Crippen LogP contribution in [0, 0.1) is 18.2 Å². The van der Waals surface area contributed by atoms with Crippen molar-refractivity contribution in [2.45, 2.75) is 19.1 Å². The minimum Gasteiger partial charge on any atom is -0.479 e. The Labute approximate surface area is 134 Å². The number of anilines is 1. The molecule has 7 heteroatoms. The van der Waals surface area contributed by atoms with E-state index in [0.29, 0.717) is 13.2 Å². The van der Waals surface area contributed by atoms with E-state index >= 15 is 0 Å². The number of nitrogens with one attached hydrogen (secondary N) is 2. The lowest BCUT2D eigenvalue weighted by atomic mass is 10.2. The molecule has 0 unspecified atom stereocenters. The van der Waals surface area contributed by atoms with E-state index in [1.165, 1.54) is 12.1 Å². The summed E-state index contributed by atoms with van der Waals surface area (Å²) < 4.78 is 29.6. The van der Waals surface area contributed by atoms with Gasteiger partial charge in [-0.25, -0.2) is 9.18 Å². The summed E-state index contributed by atoms with van der Waals surface area (Å²) in [4.78, 5) is 12.0. The highest BCUT2D eigenvalue weighted by molar-refractivity contribution is 5.90. The van der Waals surface area contributed by atoms with Gasteiger partial charge < -0.3 is 24.8 Å². The smallest absolute Gasteiger partial charge is 0.319 e. The molecular weight excluding hydrogens is 303 g/mol. The van der Waals surface area contributed by atoms with Crippen LogP contribution in [0.3, 0.4) is 0 Å². The molecule has 0 spiro atoms. The van der Waals surface area contributed by atoms with Gasteiger partial charge in [0, 0.05) is 6.07 Å². The maximum atomic E-state index is 13.3. The molecule has 0 bridgehead atoms. The number of benzene rings is 1. The second-order valence-corrected chi connectivity index (χ2v) is 5.13. The summed E-state index contributed by atoms with van der Waals surface area (Å²) in [7, 11) is 0. The third-order valence-corrected chi connectivity index (χ3v) is 3.17. The Bertz CT molecular complexity index is 594. The normalized spacial score (nSPS) is 16.2. The molecule has 1 aliphatic rings. The van der Waals surface area contributed by atoms with E-state index in [0.717, 1.165) is 12.5 Å². The van der Waals surface area contributed by atoms with Gasteiger partial charge >= 0.3 is 6.03 Å². The molecular formula is C16H19FN2O4. The Morgan fingerprint density at radius 1 is 1.48 bits per heavy atom. The summed E-state index contributed by atoms with van der Waals surface area (Å²) in [5.74, 6) is 1.23. The molecule has 1 heterocycles. The third kappa shape index (κ3) is 5.13. The molecule has 2 rings (SSSR count). The predicted molar refractivity (Wildman–Crippen MR) is 82.7 cm³/mol. The zero-order chi connectivity index (χ0) is 16.7. The average molecular weight is 322 g/mol. The largest absolute Gasteiger partial charge is 0.479 e. The third-order valence-electron chi connectivity index (χ3n) is 3.17. The van der Waals surface area contributed by atoms with Gasteiger partial charge in [-0.05, 0) is 25.5 Å². The van der Waals surface area contributed by atoms with Crippen LogP contribution in [-0.2, 0) is 9.47 Å². The first-order chi connectivity index (χ1) is 11.0. The number of hydrogen-bond donors (Lipinski definition) is 2. The quantitative estimate of drug-likeness (QED) is 0.815.